The first kappa shape index (κ1) is 22.7. The topological polar surface area (TPSA) is 23.6 Å². The van der Waals surface area contributed by atoms with E-state index in [1.54, 1.807) is 30.3 Å². The molecule has 0 radical (unpaired) electrons. The predicted molar refractivity (Wildman–Crippen MR) is 130 cm³/mol. The lowest BCUT2D eigenvalue weighted by Gasteiger charge is -2.39. The van der Waals surface area contributed by atoms with Crippen LogP contribution in [0.3, 0.4) is 0 Å². The second kappa shape index (κ2) is 10.1. The molecule has 3 aromatic carbocycles. The minimum absolute atomic E-state index is 0.0713. The zero-order chi connectivity index (χ0) is 23.5. The maximum absolute atomic E-state index is 14.4. The second-order valence-electron chi connectivity index (χ2n) is 9.40. The predicted octanol–water partition coefficient (Wildman–Crippen LogP) is 5.97. The monoisotopic (exact) mass is 460 g/mol. The van der Waals surface area contributed by atoms with E-state index in [-0.39, 0.29) is 23.3 Å². The number of rotatable bonds is 5. The van der Waals surface area contributed by atoms with Crippen molar-refractivity contribution in [1.29, 1.82) is 0 Å². The maximum atomic E-state index is 14.4. The first-order valence-corrected chi connectivity index (χ1v) is 12.2. The van der Waals surface area contributed by atoms with Crippen molar-refractivity contribution in [3.05, 3.63) is 107 Å². The van der Waals surface area contributed by atoms with E-state index in [2.05, 4.69) is 17.0 Å². The third-order valence-electron chi connectivity index (χ3n) is 7.40. The average molecular weight is 461 g/mol. The molecule has 2 aliphatic rings. The Bertz CT molecular complexity index is 1160. The summed E-state index contributed by atoms with van der Waals surface area (Å²) in [5, 5.41) is 0. The molecular weight excluding hydrogens is 430 g/mol. The van der Waals surface area contributed by atoms with Gasteiger partial charge in [-0.15, -0.1) is 0 Å². The molecule has 0 aliphatic carbocycles. The summed E-state index contributed by atoms with van der Waals surface area (Å²) in [6.45, 7) is 3.38. The van der Waals surface area contributed by atoms with E-state index in [0.29, 0.717) is 12.5 Å². The van der Waals surface area contributed by atoms with E-state index in [4.69, 9.17) is 0 Å². The van der Waals surface area contributed by atoms with Crippen molar-refractivity contribution in [2.45, 2.75) is 37.6 Å². The van der Waals surface area contributed by atoms with Gasteiger partial charge in [0.15, 0.2) is 0 Å². The molecule has 2 heterocycles. The van der Waals surface area contributed by atoms with Crippen LogP contribution in [0.25, 0.3) is 0 Å². The van der Waals surface area contributed by atoms with Gasteiger partial charge < -0.3 is 9.80 Å². The zero-order valence-electron chi connectivity index (χ0n) is 19.3. The molecule has 1 atom stereocenters. The SMILES string of the molecule is O=C(c1ccccc1F)N1CCc2ccccc2C1CCN1CCC(c2cccc(F)c2)CC1. The van der Waals surface area contributed by atoms with Crippen LogP contribution in [-0.2, 0) is 6.42 Å². The van der Waals surface area contributed by atoms with Gasteiger partial charge in [0, 0.05) is 13.1 Å². The maximum Gasteiger partial charge on any atom is 0.257 e. The number of hydrogen-bond donors (Lipinski definition) is 0. The molecule has 3 nitrogen and oxygen atoms in total. The number of nitrogens with zero attached hydrogens (tertiary/aromatic N) is 2. The van der Waals surface area contributed by atoms with Crippen LogP contribution in [0.5, 0.6) is 0 Å². The van der Waals surface area contributed by atoms with Gasteiger partial charge in [0.05, 0.1) is 11.6 Å². The Morgan fingerprint density at radius 3 is 2.44 bits per heavy atom. The molecule has 0 aromatic heterocycles. The third kappa shape index (κ3) is 4.76. The fraction of sp³-hybridized carbons (Fsp3) is 0.345. The Hall–Kier alpha value is -3.05. The lowest BCUT2D eigenvalue weighted by Crippen LogP contribution is -2.42. The zero-order valence-corrected chi connectivity index (χ0v) is 19.3. The number of carbonyl (C=O) groups is 1. The number of benzene rings is 3. The molecule has 176 valence electrons. The third-order valence-corrected chi connectivity index (χ3v) is 7.40. The lowest BCUT2D eigenvalue weighted by atomic mass is 9.88. The van der Waals surface area contributed by atoms with Crippen LogP contribution >= 0.6 is 0 Å². The molecule has 1 fully saturated rings. The van der Waals surface area contributed by atoms with Gasteiger partial charge in [-0.05, 0) is 85.6 Å². The highest BCUT2D eigenvalue weighted by Gasteiger charge is 2.32. The molecule has 34 heavy (non-hydrogen) atoms. The van der Waals surface area contributed by atoms with Crippen molar-refractivity contribution in [2.75, 3.05) is 26.2 Å². The summed E-state index contributed by atoms with van der Waals surface area (Å²) < 4.78 is 28.0. The summed E-state index contributed by atoms with van der Waals surface area (Å²) in [5.41, 5.74) is 3.67. The van der Waals surface area contributed by atoms with E-state index in [0.717, 1.165) is 50.9 Å². The minimum Gasteiger partial charge on any atom is -0.331 e. The Morgan fingerprint density at radius 1 is 0.882 bits per heavy atom. The molecule has 1 amide bonds. The highest BCUT2D eigenvalue weighted by Crippen LogP contribution is 2.35. The molecule has 3 aromatic rings. The Kier molecular flexibility index (Phi) is 6.73. The van der Waals surface area contributed by atoms with E-state index in [1.165, 1.54) is 23.3 Å². The number of carbonyl (C=O) groups excluding carboxylic acids is 1. The summed E-state index contributed by atoms with van der Waals surface area (Å²) in [4.78, 5) is 17.7. The summed E-state index contributed by atoms with van der Waals surface area (Å²) in [5.74, 6) is -0.482. The molecule has 1 saturated heterocycles. The van der Waals surface area contributed by atoms with Gasteiger partial charge >= 0.3 is 0 Å². The second-order valence-corrected chi connectivity index (χ2v) is 9.40. The van der Waals surface area contributed by atoms with Gasteiger partial charge in [0.2, 0.25) is 0 Å². The largest absolute Gasteiger partial charge is 0.331 e. The van der Waals surface area contributed by atoms with Gasteiger partial charge in [-0.2, -0.15) is 0 Å². The quantitative estimate of drug-likeness (QED) is 0.468. The molecule has 0 saturated carbocycles. The van der Waals surface area contributed by atoms with Crippen LogP contribution < -0.4 is 0 Å². The summed E-state index contributed by atoms with van der Waals surface area (Å²) in [6, 6.07) is 21.5. The highest BCUT2D eigenvalue weighted by atomic mass is 19.1. The van der Waals surface area contributed by atoms with Crippen molar-refractivity contribution in [3.63, 3.8) is 0 Å². The molecule has 0 N–H and O–H groups in total. The van der Waals surface area contributed by atoms with Crippen LogP contribution in [0.15, 0.2) is 72.8 Å². The van der Waals surface area contributed by atoms with Crippen LogP contribution in [0.2, 0.25) is 0 Å². The standard InChI is InChI=1S/C29H30F2N2O/c30-24-8-5-7-23(20-24)21-12-16-32(17-13-21)18-15-28-25-9-2-1-6-22(25)14-19-33(28)29(34)26-10-3-4-11-27(26)31/h1-11,20-21,28H,12-19H2. The van der Waals surface area contributed by atoms with Crippen molar-refractivity contribution in [3.8, 4) is 0 Å². The van der Waals surface area contributed by atoms with Crippen LogP contribution in [0.1, 0.15) is 58.3 Å². The van der Waals surface area contributed by atoms with E-state index in [1.807, 2.05) is 23.1 Å². The van der Waals surface area contributed by atoms with Gasteiger partial charge in [0.25, 0.3) is 5.91 Å². The smallest absolute Gasteiger partial charge is 0.257 e. The Labute approximate surface area is 200 Å². The van der Waals surface area contributed by atoms with Gasteiger partial charge in [0.1, 0.15) is 11.6 Å². The van der Waals surface area contributed by atoms with Gasteiger partial charge in [-0.25, -0.2) is 8.78 Å². The number of amides is 1. The van der Waals surface area contributed by atoms with Gasteiger partial charge in [-0.1, -0.05) is 48.5 Å². The minimum atomic E-state index is -0.468. The molecule has 1 unspecified atom stereocenters. The molecule has 0 spiro atoms. The highest BCUT2D eigenvalue weighted by molar-refractivity contribution is 5.95. The molecular formula is C29H30F2N2O. The lowest BCUT2D eigenvalue weighted by molar-refractivity contribution is 0.0625. The summed E-state index contributed by atoms with van der Waals surface area (Å²) in [7, 11) is 0. The van der Waals surface area contributed by atoms with Gasteiger partial charge in [-0.3, -0.25) is 4.79 Å². The van der Waals surface area contributed by atoms with E-state index < -0.39 is 5.82 Å². The number of likely N-dealkylation sites (tertiary alicyclic amines) is 1. The normalized spacial score (nSPS) is 19.1. The first-order valence-electron chi connectivity index (χ1n) is 12.2. The van der Waals surface area contributed by atoms with Crippen LogP contribution in [0, 0.1) is 11.6 Å². The molecule has 2 aliphatic heterocycles. The number of piperidine rings is 1. The number of fused-ring (bicyclic) bond motifs is 1. The number of halogens is 2. The molecule has 5 rings (SSSR count). The van der Waals surface area contributed by atoms with Crippen LogP contribution in [0.4, 0.5) is 8.78 Å². The average Bonchev–Trinajstić information content (AvgIpc) is 2.87. The van der Waals surface area contributed by atoms with Crippen molar-refractivity contribution in [1.82, 2.24) is 9.80 Å². The molecule has 0 bridgehead atoms. The van der Waals surface area contributed by atoms with E-state index in [9.17, 15) is 13.6 Å². The fourth-order valence-corrected chi connectivity index (χ4v) is 5.55. The Balaban J connectivity index is 1.28. The van der Waals surface area contributed by atoms with Crippen molar-refractivity contribution < 1.29 is 13.6 Å². The van der Waals surface area contributed by atoms with Crippen LogP contribution in [-0.4, -0.2) is 41.9 Å². The summed E-state index contributed by atoms with van der Waals surface area (Å²) in [6.07, 6.45) is 3.60. The van der Waals surface area contributed by atoms with E-state index >= 15 is 0 Å². The molecule has 5 heteroatoms. The van der Waals surface area contributed by atoms with Crippen molar-refractivity contribution >= 4 is 5.91 Å². The first-order chi connectivity index (χ1) is 16.6. The number of hydrogen-bond acceptors (Lipinski definition) is 2. The van der Waals surface area contributed by atoms with Crippen molar-refractivity contribution in [2.24, 2.45) is 0 Å². The fourth-order valence-electron chi connectivity index (χ4n) is 5.55. The Morgan fingerprint density at radius 2 is 1.65 bits per heavy atom. The summed E-state index contributed by atoms with van der Waals surface area (Å²) >= 11 is 0.